The third kappa shape index (κ3) is 7.02. The zero-order valence-electron chi connectivity index (χ0n) is 14.7. The largest absolute Gasteiger partial charge is 0.493 e. The van der Waals surface area contributed by atoms with Crippen LogP contribution in [-0.4, -0.2) is 38.8 Å². The Labute approximate surface area is 142 Å². The average Bonchev–Trinajstić information content (AvgIpc) is 2.54. The Bertz CT molecular complexity index is 525. The summed E-state index contributed by atoms with van der Waals surface area (Å²) < 4.78 is 34.4. The molecule has 0 radical (unpaired) electrons. The average molecular weight is 343 g/mol. The van der Waals surface area contributed by atoms with Crippen LogP contribution in [0.15, 0.2) is 23.2 Å². The fourth-order valence-electron chi connectivity index (χ4n) is 2.02. The van der Waals surface area contributed by atoms with Gasteiger partial charge in [-0.3, -0.25) is 4.99 Å². The van der Waals surface area contributed by atoms with E-state index in [2.05, 4.69) is 34.2 Å². The molecule has 1 atom stereocenters. The lowest BCUT2D eigenvalue weighted by molar-refractivity contribution is -0.0512. The Morgan fingerprint density at radius 1 is 1.25 bits per heavy atom. The van der Waals surface area contributed by atoms with Crippen LogP contribution in [0.3, 0.4) is 0 Å². The molecule has 1 rings (SSSR count). The number of hydrogen-bond donors (Lipinski definition) is 2. The van der Waals surface area contributed by atoms with E-state index in [1.165, 1.54) is 7.11 Å². The summed E-state index contributed by atoms with van der Waals surface area (Å²) in [6, 6.07) is 5.34. The number of ether oxygens (including phenoxy) is 2. The van der Waals surface area contributed by atoms with Gasteiger partial charge in [-0.25, -0.2) is 0 Å². The van der Waals surface area contributed by atoms with Gasteiger partial charge < -0.3 is 20.1 Å². The molecule has 136 valence electrons. The van der Waals surface area contributed by atoms with E-state index in [9.17, 15) is 8.78 Å². The fraction of sp³-hybridized carbons (Fsp3) is 0.588. The lowest BCUT2D eigenvalue weighted by Crippen LogP contribution is -2.42. The number of nitrogens with one attached hydrogen (secondary N) is 2. The molecule has 0 aromatic heterocycles. The molecule has 0 aliphatic rings. The minimum absolute atomic E-state index is 0.0404. The van der Waals surface area contributed by atoms with E-state index < -0.39 is 6.61 Å². The summed E-state index contributed by atoms with van der Waals surface area (Å²) in [4.78, 5) is 4.50. The predicted octanol–water partition coefficient (Wildman–Crippen LogP) is 3.19. The number of alkyl halides is 2. The van der Waals surface area contributed by atoms with Gasteiger partial charge >= 0.3 is 6.61 Å². The van der Waals surface area contributed by atoms with Gasteiger partial charge in [0, 0.05) is 19.1 Å². The van der Waals surface area contributed by atoms with Crippen LogP contribution in [0.5, 0.6) is 11.5 Å². The number of rotatable bonds is 9. The molecule has 0 aliphatic carbocycles. The summed E-state index contributed by atoms with van der Waals surface area (Å²) in [5, 5.41) is 6.49. The number of nitrogens with zero attached hydrogens (tertiary/aromatic N) is 1. The first-order chi connectivity index (χ1) is 11.5. The number of aliphatic imine (C=N–C) groups is 1. The molecule has 2 N–H and O–H groups in total. The van der Waals surface area contributed by atoms with E-state index in [4.69, 9.17) is 4.74 Å². The van der Waals surface area contributed by atoms with Crippen molar-refractivity contribution in [2.24, 2.45) is 4.99 Å². The minimum atomic E-state index is -2.88. The maximum atomic E-state index is 12.5. The minimum Gasteiger partial charge on any atom is -0.493 e. The lowest BCUT2D eigenvalue weighted by Gasteiger charge is -2.16. The molecular weight excluding hydrogens is 316 g/mol. The number of guanidine groups is 1. The van der Waals surface area contributed by atoms with Gasteiger partial charge in [0.1, 0.15) is 0 Å². The SMILES string of the molecule is CCNC(=NCCc1ccc(OC)c(OC(F)F)c1)NC(C)CC. The second kappa shape index (κ2) is 10.7. The lowest BCUT2D eigenvalue weighted by atomic mass is 10.1. The fourth-order valence-corrected chi connectivity index (χ4v) is 2.02. The molecule has 7 heteroatoms. The van der Waals surface area contributed by atoms with Gasteiger partial charge in [-0.2, -0.15) is 8.78 Å². The van der Waals surface area contributed by atoms with Gasteiger partial charge in [0.15, 0.2) is 17.5 Å². The molecule has 0 bridgehead atoms. The highest BCUT2D eigenvalue weighted by Gasteiger charge is 2.11. The molecule has 0 amide bonds. The van der Waals surface area contributed by atoms with Gasteiger partial charge in [-0.1, -0.05) is 13.0 Å². The van der Waals surface area contributed by atoms with Crippen LogP contribution in [0.1, 0.15) is 32.8 Å². The number of halogens is 2. The van der Waals surface area contributed by atoms with Crippen LogP contribution in [0.4, 0.5) is 8.78 Å². The van der Waals surface area contributed by atoms with Crippen molar-refractivity contribution in [1.82, 2.24) is 10.6 Å². The zero-order chi connectivity index (χ0) is 17.9. The predicted molar refractivity (Wildman–Crippen MR) is 92.2 cm³/mol. The van der Waals surface area contributed by atoms with Crippen LogP contribution in [0, 0.1) is 0 Å². The Morgan fingerprint density at radius 3 is 2.58 bits per heavy atom. The van der Waals surface area contributed by atoms with Gasteiger partial charge in [0.2, 0.25) is 0 Å². The quantitative estimate of drug-likeness (QED) is 0.534. The van der Waals surface area contributed by atoms with Crippen molar-refractivity contribution >= 4 is 5.96 Å². The Kier molecular flexibility index (Phi) is 8.89. The Hall–Kier alpha value is -2.05. The van der Waals surface area contributed by atoms with Gasteiger partial charge in [0.25, 0.3) is 0 Å². The van der Waals surface area contributed by atoms with Gasteiger partial charge in [0.05, 0.1) is 7.11 Å². The van der Waals surface area contributed by atoms with Crippen molar-refractivity contribution in [3.05, 3.63) is 23.8 Å². The van der Waals surface area contributed by atoms with E-state index in [-0.39, 0.29) is 11.5 Å². The smallest absolute Gasteiger partial charge is 0.387 e. The van der Waals surface area contributed by atoms with Gasteiger partial charge in [-0.15, -0.1) is 0 Å². The Morgan fingerprint density at radius 2 is 2.00 bits per heavy atom. The van der Waals surface area contributed by atoms with Crippen LogP contribution in [-0.2, 0) is 6.42 Å². The number of hydrogen-bond acceptors (Lipinski definition) is 3. The summed E-state index contributed by atoms with van der Waals surface area (Å²) in [6.07, 6.45) is 1.61. The van der Waals surface area contributed by atoms with E-state index >= 15 is 0 Å². The van der Waals surface area contributed by atoms with Crippen LogP contribution >= 0.6 is 0 Å². The monoisotopic (exact) mass is 343 g/mol. The van der Waals surface area contributed by atoms with E-state index in [0.717, 1.165) is 24.5 Å². The topological polar surface area (TPSA) is 54.9 Å². The van der Waals surface area contributed by atoms with Crippen molar-refractivity contribution in [3.63, 3.8) is 0 Å². The third-order valence-electron chi connectivity index (χ3n) is 3.45. The van der Waals surface area contributed by atoms with Gasteiger partial charge in [-0.05, 0) is 44.4 Å². The number of benzene rings is 1. The van der Waals surface area contributed by atoms with Crippen molar-refractivity contribution in [1.29, 1.82) is 0 Å². The van der Waals surface area contributed by atoms with Crippen molar-refractivity contribution < 1.29 is 18.3 Å². The van der Waals surface area contributed by atoms with E-state index in [1.807, 2.05) is 13.0 Å². The Balaban J connectivity index is 2.72. The maximum Gasteiger partial charge on any atom is 0.387 e. The van der Waals surface area contributed by atoms with Crippen LogP contribution < -0.4 is 20.1 Å². The van der Waals surface area contributed by atoms with E-state index in [0.29, 0.717) is 19.0 Å². The molecule has 0 spiro atoms. The van der Waals surface area contributed by atoms with E-state index in [1.54, 1.807) is 12.1 Å². The summed E-state index contributed by atoms with van der Waals surface area (Å²) in [6.45, 7) is 4.62. The van der Waals surface area contributed by atoms with Crippen molar-refractivity contribution in [2.45, 2.75) is 46.3 Å². The molecule has 5 nitrogen and oxygen atoms in total. The standard InChI is InChI=1S/C17H27F2N3O2/c1-5-12(3)22-17(20-6-2)21-10-9-13-7-8-14(23-4)15(11-13)24-16(18)19/h7-8,11-12,16H,5-6,9-10H2,1-4H3,(H2,20,21,22). The van der Waals surface area contributed by atoms with Crippen molar-refractivity contribution in [2.75, 3.05) is 20.2 Å². The first kappa shape index (κ1) is 20.0. The summed E-state index contributed by atoms with van der Waals surface area (Å²) >= 11 is 0. The zero-order valence-corrected chi connectivity index (χ0v) is 14.7. The molecule has 0 heterocycles. The first-order valence-corrected chi connectivity index (χ1v) is 8.16. The molecule has 0 aliphatic heterocycles. The summed E-state index contributed by atoms with van der Waals surface area (Å²) in [5.41, 5.74) is 0.856. The second-order valence-corrected chi connectivity index (χ2v) is 5.33. The van der Waals surface area contributed by atoms with Crippen LogP contribution in [0.2, 0.25) is 0 Å². The molecule has 0 saturated carbocycles. The van der Waals surface area contributed by atoms with Crippen molar-refractivity contribution in [3.8, 4) is 11.5 Å². The highest BCUT2D eigenvalue weighted by Crippen LogP contribution is 2.29. The highest BCUT2D eigenvalue weighted by atomic mass is 19.3. The molecule has 1 aromatic carbocycles. The number of methoxy groups -OCH3 is 1. The normalized spacial score (nSPS) is 12.9. The third-order valence-corrected chi connectivity index (χ3v) is 3.45. The molecule has 0 saturated heterocycles. The summed E-state index contributed by atoms with van der Waals surface area (Å²) in [5.74, 6) is 1.08. The molecule has 1 aromatic rings. The summed E-state index contributed by atoms with van der Waals surface area (Å²) in [7, 11) is 1.42. The molecule has 24 heavy (non-hydrogen) atoms. The second-order valence-electron chi connectivity index (χ2n) is 5.33. The first-order valence-electron chi connectivity index (χ1n) is 8.16. The molecular formula is C17H27F2N3O2. The van der Waals surface area contributed by atoms with Crippen LogP contribution in [0.25, 0.3) is 0 Å². The maximum absolute atomic E-state index is 12.5. The molecule has 0 fully saturated rings. The molecule has 1 unspecified atom stereocenters. The highest BCUT2D eigenvalue weighted by molar-refractivity contribution is 5.80.